The molecule has 4 rings (SSSR count). The molecule has 2 heterocycles. The van der Waals surface area contributed by atoms with E-state index in [9.17, 15) is 18.0 Å². The van der Waals surface area contributed by atoms with Crippen molar-refractivity contribution in [2.24, 2.45) is 0 Å². The normalized spacial score (nSPS) is 17.8. The van der Waals surface area contributed by atoms with E-state index in [0.29, 0.717) is 61.9 Å². The van der Waals surface area contributed by atoms with Gasteiger partial charge in [-0.2, -0.15) is 13.2 Å². The Bertz CT molecular complexity index is 1160. The van der Waals surface area contributed by atoms with E-state index in [1.807, 2.05) is 24.3 Å². The first-order valence-corrected chi connectivity index (χ1v) is 11.9. The van der Waals surface area contributed by atoms with Gasteiger partial charge >= 0.3 is 12.1 Å². The molecule has 1 aliphatic rings. The molecule has 9 heteroatoms. The quantitative estimate of drug-likeness (QED) is 0.337. The van der Waals surface area contributed by atoms with E-state index in [1.54, 1.807) is 13.8 Å². The van der Waals surface area contributed by atoms with Gasteiger partial charge in [-0.05, 0) is 68.7 Å². The Morgan fingerprint density at radius 3 is 2.44 bits per heavy atom. The molecule has 6 nitrogen and oxygen atoms in total. The Kier molecular flexibility index (Phi) is 7.68. The lowest BCUT2D eigenvalue weighted by atomic mass is 9.91. The summed E-state index contributed by atoms with van der Waals surface area (Å²) in [6.45, 7) is 4.74. The molecule has 1 aliphatic heterocycles. The molecule has 0 amide bonds. The van der Waals surface area contributed by atoms with Crippen LogP contribution in [0.3, 0.4) is 0 Å². The first-order chi connectivity index (χ1) is 17.2. The van der Waals surface area contributed by atoms with Crippen molar-refractivity contribution in [3.8, 4) is 17.2 Å². The van der Waals surface area contributed by atoms with Crippen LogP contribution in [0.2, 0.25) is 0 Å². The predicted molar refractivity (Wildman–Crippen MR) is 126 cm³/mol. The first kappa shape index (κ1) is 25.8. The maximum Gasteiger partial charge on any atom is 0.416 e. The molecular formula is C27H28F3NO5. The van der Waals surface area contributed by atoms with Crippen LogP contribution < -0.4 is 4.74 Å². The fourth-order valence-corrected chi connectivity index (χ4v) is 4.22. The van der Waals surface area contributed by atoms with Crippen LogP contribution in [0.1, 0.15) is 42.3 Å². The van der Waals surface area contributed by atoms with Crippen molar-refractivity contribution in [3.05, 3.63) is 71.1 Å². The lowest BCUT2D eigenvalue weighted by Gasteiger charge is -2.26. The van der Waals surface area contributed by atoms with Crippen LogP contribution in [0, 0.1) is 6.92 Å². The van der Waals surface area contributed by atoms with Crippen LogP contribution in [0.25, 0.3) is 11.5 Å². The molecule has 0 radical (unpaired) electrons. The molecule has 3 aromatic rings. The van der Waals surface area contributed by atoms with Gasteiger partial charge in [-0.15, -0.1) is 0 Å². The van der Waals surface area contributed by atoms with Crippen molar-refractivity contribution in [2.45, 2.75) is 51.3 Å². The van der Waals surface area contributed by atoms with Gasteiger partial charge in [0.05, 0.1) is 24.5 Å². The number of hydrogen-bond donors (Lipinski definition) is 0. The molecule has 0 saturated carbocycles. The van der Waals surface area contributed by atoms with Crippen LogP contribution in [-0.2, 0) is 33.3 Å². The SMILES string of the molecule is CCOC(=O)C1(Cc2ccc(OCCc3nc(-c4ccc(C(F)(F)F)cc4)oc3C)cc2)CCCO1. The highest BCUT2D eigenvalue weighted by Gasteiger charge is 2.44. The lowest BCUT2D eigenvalue weighted by molar-refractivity contribution is -0.166. The zero-order chi connectivity index (χ0) is 25.8. The second-order valence-electron chi connectivity index (χ2n) is 8.68. The third-order valence-electron chi connectivity index (χ3n) is 6.12. The number of carbonyl (C=O) groups excluding carboxylic acids is 1. The second-order valence-corrected chi connectivity index (χ2v) is 8.68. The Hall–Kier alpha value is -3.33. The number of oxazole rings is 1. The van der Waals surface area contributed by atoms with Gasteiger partial charge in [0.1, 0.15) is 11.5 Å². The molecule has 0 bridgehead atoms. The number of carbonyl (C=O) groups is 1. The van der Waals surface area contributed by atoms with Crippen molar-refractivity contribution in [1.82, 2.24) is 4.98 Å². The Balaban J connectivity index is 1.33. The number of benzene rings is 2. The monoisotopic (exact) mass is 503 g/mol. The van der Waals surface area contributed by atoms with E-state index >= 15 is 0 Å². The third-order valence-corrected chi connectivity index (χ3v) is 6.12. The van der Waals surface area contributed by atoms with Gasteiger partial charge in [0, 0.05) is 25.0 Å². The summed E-state index contributed by atoms with van der Waals surface area (Å²) in [5.41, 5.74) is 0.456. The highest BCUT2D eigenvalue weighted by Crippen LogP contribution is 2.33. The topological polar surface area (TPSA) is 70.8 Å². The second kappa shape index (κ2) is 10.7. The fraction of sp³-hybridized carbons (Fsp3) is 0.407. The first-order valence-electron chi connectivity index (χ1n) is 11.9. The average Bonchev–Trinajstić information content (AvgIpc) is 3.47. The maximum absolute atomic E-state index is 12.8. The van der Waals surface area contributed by atoms with Crippen molar-refractivity contribution >= 4 is 5.97 Å². The summed E-state index contributed by atoms with van der Waals surface area (Å²) in [6.07, 6.45) is -2.02. The van der Waals surface area contributed by atoms with Crippen molar-refractivity contribution < 1.29 is 36.6 Å². The van der Waals surface area contributed by atoms with E-state index in [1.165, 1.54) is 12.1 Å². The standard InChI is InChI=1S/C27H28F3NO5/c1-3-33-25(32)26(14-4-15-35-26)17-19-5-11-22(12-6-19)34-16-13-23-18(2)36-24(31-23)20-7-9-21(10-8-20)27(28,29)30/h5-12H,3-4,13-17H2,1-2H3. The molecule has 0 N–H and O–H groups in total. The molecule has 36 heavy (non-hydrogen) atoms. The summed E-state index contributed by atoms with van der Waals surface area (Å²) >= 11 is 0. The molecule has 0 aliphatic carbocycles. The molecule has 1 saturated heterocycles. The summed E-state index contributed by atoms with van der Waals surface area (Å²) in [5.74, 6) is 1.21. The minimum absolute atomic E-state index is 0.269. The van der Waals surface area contributed by atoms with Gasteiger partial charge in [-0.1, -0.05) is 12.1 Å². The van der Waals surface area contributed by atoms with Gasteiger partial charge < -0.3 is 18.6 Å². The highest BCUT2D eigenvalue weighted by atomic mass is 19.4. The molecule has 192 valence electrons. The number of alkyl halides is 3. The minimum atomic E-state index is -4.39. The van der Waals surface area contributed by atoms with Crippen molar-refractivity contribution in [3.63, 3.8) is 0 Å². The van der Waals surface area contributed by atoms with Crippen LogP contribution in [0.4, 0.5) is 13.2 Å². The van der Waals surface area contributed by atoms with Crippen LogP contribution >= 0.6 is 0 Å². The summed E-state index contributed by atoms with van der Waals surface area (Å²) in [6, 6.07) is 12.2. The predicted octanol–water partition coefficient (Wildman–Crippen LogP) is 5.95. The summed E-state index contributed by atoms with van der Waals surface area (Å²) < 4.78 is 60.9. The highest BCUT2D eigenvalue weighted by molar-refractivity contribution is 5.80. The van der Waals surface area contributed by atoms with Crippen LogP contribution in [0.5, 0.6) is 5.75 Å². The van der Waals surface area contributed by atoms with E-state index in [4.69, 9.17) is 18.6 Å². The number of aromatic nitrogens is 1. The number of halogens is 3. The number of nitrogens with zero attached hydrogens (tertiary/aromatic N) is 1. The Morgan fingerprint density at radius 1 is 1.11 bits per heavy atom. The molecule has 2 aromatic carbocycles. The maximum atomic E-state index is 12.8. The zero-order valence-electron chi connectivity index (χ0n) is 20.2. The zero-order valence-corrected chi connectivity index (χ0v) is 20.2. The summed E-state index contributed by atoms with van der Waals surface area (Å²) in [4.78, 5) is 16.9. The number of esters is 1. The number of aryl methyl sites for hydroxylation is 1. The van der Waals surface area contributed by atoms with E-state index in [0.717, 1.165) is 24.1 Å². The van der Waals surface area contributed by atoms with E-state index in [2.05, 4.69) is 4.98 Å². The van der Waals surface area contributed by atoms with E-state index in [-0.39, 0.29) is 11.9 Å². The third kappa shape index (κ3) is 5.90. The van der Waals surface area contributed by atoms with Gasteiger partial charge in [-0.3, -0.25) is 0 Å². The summed E-state index contributed by atoms with van der Waals surface area (Å²) in [5, 5.41) is 0. The van der Waals surface area contributed by atoms with Gasteiger partial charge in [0.2, 0.25) is 5.89 Å². The number of rotatable bonds is 9. The molecule has 1 unspecified atom stereocenters. The van der Waals surface area contributed by atoms with Gasteiger partial charge in [0.15, 0.2) is 5.60 Å². The minimum Gasteiger partial charge on any atom is -0.493 e. The molecule has 0 spiro atoms. The number of hydrogen-bond acceptors (Lipinski definition) is 6. The van der Waals surface area contributed by atoms with E-state index < -0.39 is 17.3 Å². The largest absolute Gasteiger partial charge is 0.493 e. The lowest BCUT2D eigenvalue weighted by Crippen LogP contribution is -2.41. The van der Waals surface area contributed by atoms with Crippen LogP contribution in [-0.4, -0.2) is 36.4 Å². The molecule has 1 fully saturated rings. The van der Waals surface area contributed by atoms with Crippen molar-refractivity contribution in [2.75, 3.05) is 19.8 Å². The molecule has 1 aromatic heterocycles. The number of ether oxygens (including phenoxy) is 3. The van der Waals surface area contributed by atoms with Gasteiger partial charge in [0.25, 0.3) is 0 Å². The van der Waals surface area contributed by atoms with Gasteiger partial charge in [-0.25, -0.2) is 9.78 Å². The Labute approximate surface area is 207 Å². The average molecular weight is 504 g/mol. The summed E-state index contributed by atoms with van der Waals surface area (Å²) in [7, 11) is 0. The Morgan fingerprint density at radius 2 is 1.83 bits per heavy atom. The fourth-order valence-electron chi connectivity index (χ4n) is 4.22. The smallest absolute Gasteiger partial charge is 0.416 e. The molecular weight excluding hydrogens is 475 g/mol. The van der Waals surface area contributed by atoms with Crippen molar-refractivity contribution in [1.29, 1.82) is 0 Å². The molecule has 1 atom stereocenters. The van der Waals surface area contributed by atoms with Crippen LogP contribution in [0.15, 0.2) is 52.9 Å².